The highest BCUT2D eigenvalue weighted by molar-refractivity contribution is 7.89. The maximum atomic E-state index is 12.8. The van der Waals surface area contributed by atoms with Crippen molar-refractivity contribution in [2.75, 3.05) is 20.2 Å². The molecule has 0 amide bonds. The summed E-state index contributed by atoms with van der Waals surface area (Å²) in [6.45, 7) is 2.80. The Labute approximate surface area is 146 Å². The minimum atomic E-state index is -3.56. The Morgan fingerprint density at radius 1 is 1.29 bits per heavy atom. The number of aromatic nitrogens is 3. The van der Waals surface area contributed by atoms with E-state index in [9.17, 15) is 8.42 Å². The molecule has 0 radical (unpaired) electrons. The lowest BCUT2D eigenvalue weighted by Crippen LogP contribution is -2.39. The molecule has 1 fully saturated rings. The average Bonchev–Trinajstić information content (AvgIpc) is 3.01. The van der Waals surface area contributed by atoms with E-state index in [0.717, 1.165) is 18.7 Å². The van der Waals surface area contributed by atoms with Crippen molar-refractivity contribution in [3.8, 4) is 5.75 Å². The fourth-order valence-electron chi connectivity index (χ4n) is 2.98. The zero-order valence-corrected chi connectivity index (χ0v) is 15.1. The minimum absolute atomic E-state index is 0.187. The van der Waals surface area contributed by atoms with Gasteiger partial charge < -0.3 is 9.30 Å². The Kier molecular flexibility index (Phi) is 4.80. The molecule has 1 aromatic carbocycles. The SMILES string of the molecule is COc1ccc(S(=O)(=O)N2CCC(n3cnnc3C)CC2)cc1Cl. The van der Waals surface area contributed by atoms with Crippen molar-refractivity contribution >= 4 is 21.6 Å². The lowest BCUT2D eigenvalue weighted by atomic mass is 10.1. The summed E-state index contributed by atoms with van der Waals surface area (Å²) < 4.78 is 34.2. The number of methoxy groups -OCH3 is 1. The van der Waals surface area contributed by atoms with Gasteiger partial charge in [0.05, 0.1) is 17.0 Å². The summed E-state index contributed by atoms with van der Waals surface area (Å²) in [5.74, 6) is 1.30. The highest BCUT2D eigenvalue weighted by Crippen LogP contribution is 2.31. The monoisotopic (exact) mass is 370 g/mol. The van der Waals surface area contributed by atoms with Crippen LogP contribution >= 0.6 is 11.6 Å². The predicted molar refractivity (Wildman–Crippen MR) is 89.8 cm³/mol. The van der Waals surface area contributed by atoms with Crippen molar-refractivity contribution in [3.05, 3.63) is 35.4 Å². The first-order valence-corrected chi connectivity index (χ1v) is 9.45. The van der Waals surface area contributed by atoms with Crippen LogP contribution in [0.3, 0.4) is 0 Å². The number of sulfonamides is 1. The number of hydrogen-bond donors (Lipinski definition) is 0. The van der Waals surface area contributed by atoms with Crippen LogP contribution in [0.15, 0.2) is 29.4 Å². The van der Waals surface area contributed by atoms with Crippen LogP contribution in [0.5, 0.6) is 5.75 Å². The number of ether oxygens (including phenoxy) is 1. The van der Waals surface area contributed by atoms with Gasteiger partial charge in [-0.05, 0) is 38.0 Å². The smallest absolute Gasteiger partial charge is 0.243 e. The average molecular weight is 371 g/mol. The standard InChI is InChI=1S/C15H19ClN4O3S/c1-11-18-17-10-20(11)12-5-7-19(8-6-12)24(21,22)13-3-4-15(23-2)14(16)9-13/h3-4,9-10,12H,5-8H2,1-2H3. The molecule has 130 valence electrons. The molecule has 0 aliphatic carbocycles. The summed E-state index contributed by atoms with van der Waals surface area (Å²) in [6, 6.07) is 4.76. The summed E-state index contributed by atoms with van der Waals surface area (Å²) in [6.07, 6.45) is 3.15. The Morgan fingerprint density at radius 2 is 2.00 bits per heavy atom. The van der Waals surface area contributed by atoms with Crippen LogP contribution in [0.1, 0.15) is 24.7 Å². The van der Waals surface area contributed by atoms with Crippen LogP contribution in [0.25, 0.3) is 0 Å². The van der Waals surface area contributed by atoms with Gasteiger partial charge in [0.15, 0.2) is 0 Å². The molecule has 24 heavy (non-hydrogen) atoms. The summed E-state index contributed by atoms with van der Waals surface area (Å²) in [7, 11) is -2.07. The summed E-state index contributed by atoms with van der Waals surface area (Å²) >= 11 is 6.06. The van der Waals surface area contributed by atoms with Gasteiger partial charge in [0.1, 0.15) is 17.9 Å². The zero-order chi connectivity index (χ0) is 17.3. The molecule has 2 heterocycles. The molecule has 0 N–H and O–H groups in total. The van der Waals surface area contributed by atoms with Crippen LogP contribution < -0.4 is 4.74 Å². The van der Waals surface area contributed by atoms with Crippen LogP contribution in [0.4, 0.5) is 0 Å². The fourth-order valence-corrected chi connectivity index (χ4v) is 4.79. The third-order valence-corrected chi connectivity index (χ3v) is 6.52. The van der Waals surface area contributed by atoms with Crippen molar-refractivity contribution in [1.82, 2.24) is 19.1 Å². The molecule has 0 bridgehead atoms. The van der Waals surface area contributed by atoms with E-state index in [0.29, 0.717) is 18.8 Å². The molecule has 1 aliphatic heterocycles. The predicted octanol–water partition coefficient (Wildman–Crippen LogP) is 2.27. The number of piperidine rings is 1. The normalized spacial score (nSPS) is 17.1. The molecule has 0 atom stereocenters. The number of benzene rings is 1. The number of halogens is 1. The zero-order valence-electron chi connectivity index (χ0n) is 13.5. The van der Waals surface area contributed by atoms with Gasteiger partial charge in [-0.2, -0.15) is 4.31 Å². The largest absolute Gasteiger partial charge is 0.495 e. The second kappa shape index (κ2) is 6.70. The minimum Gasteiger partial charge on any atom is -0.495 e. The van der Waals surface area contributed by atoms with E-state index >= 15 is 0 Å². The molecule has 1 aliphatic rings. The van der Waals surface area contributed by atoms with Gasteiger partial charge in [-0.25, -0.2) is 8.42 Å². The number of aryl methyl sites for hydroxylation is 1. The molecule has 0 spiro atoms. The van der Waals surface area contributed by atoms with Gasteiger partial charge in [0.2, 0.25) is 10.0 Å². The summed E-state index contributed by atoms with van der Waals surface area (Å²) in [5, 5.41) is 8.17. The first-order chi connectivity index (χ1) is 11.4. The van der Waals surface area contributed by atoms with Crippen LogP contribution in [-0.4, -0.2) is 47.7 Å². The van der Waals surface area contributed by atoms with E-state index in [-0.39, 0.29) is 16.0 Å². The maximum absolute atomic E-state index is 12.8. The highest BCUT2D eigenvalue weighted by Gasteiger charge is 2.30. The molecular formula is C15H19ClN4O3S. The molecule has 3 rings (SSSR count). The van der Waals surface area contributed by atoms with Gasteiger partial charge in [-0.3, -0.25) is 0 Å². The van der Waals surface area contributed by atoms with E-state index in [1.807, 2.05) is 11.5 Å². The van der Waals surface area contributed by atoms with Crippen LogP contribution in [-0.2, 0) is 10.0 Å². The first kappa shape index (κ1) is 17.2. The van der Waals surface area contributed by atoms with Gasteiger partial charge >= 0.3 is 0 Å². The van der Waals surface area contributed by atoms with Gasteiger partial charge in [-0.15, -0.1) is 10.2 Å². The van der Waals surface area contributed by atoms with E-state index in [1.165, 1.54) is 23.5 Å². The fraction of sp³-hybridized carbons (Fsp3) is 0.467. The first-order valence-electron chi connectivity index (χ1n) is 7.63. The molecule has 0 unspecified atom stereocenters. The molecule has 1 aromatic heterocycles. The van der Waals surface area contributed by atoms with Crippen molar-refractivity contribution in [2.45, 2.75) is 30.7 Å². The number of hydrogen-bond acceptors (Lipinski definition) is 5. The quantitative estimate of drug-likeness (QED) is 0.825. The molecule has 7 nitrogen and oxygen atoms in total. The van der Waals surface area contributed by atoms with Crippen molar-refractivity contribution in [2.24, 2.45) is 0 Å². The Hall–Kier alpha value is -1.64. The van der Waals surface area contributed by atoms with Crippen molar-refractivity contribution in [3.63, 3.8) is 0 Å². The van der Waals surface area contributed by atoms with Crippen LogP contribution in [0, 0.1) is 6.92 Å². The van der Waals surface area contributed by atoms with Crippen molar-refractivity contribution < 1.29 is 13.2 Å². The second-order valence-electron chi connectivity index (χ2n) is 5.72. The van der Waals surface area contributed by atoms with E-state index in [2.05, 4.69) is 10.2 Å². The molecule has 9 heteroatoms. The van der Waals surface area contributed by atoms with Gasteiger partial charge in [0.25, 0.3) is 0 Å². The Balaban J connectivity index is 1.75. The van der Waals surface area contributed by atoms with E-state index in [1.54, 1.807) is 12.4 Å². The molecule has 1 saturated heterocycles. The highest BCUT2D eigenvalue weighted by atomic mass is 35.5. The molecular weight excluding hydrogens is 352 g/mol. The Morgan fingerprint density at radius 3 is 2.54 bits per heavy atom. The maximum Gasteiger partial charge on any atom is 0.243 e. The lowest BCUT2D eigenvalue weighted by Gasteiger charge is -2.32. The third-order valence-electron chi connectivity index (χ3n) is 4.33. The summed E-state index contributed by atoms with van der Waals surface area (Å²) in [5.41, 5.74) is 0. The second-order valence-corrected chi connectivity index (χ2v) is 8.06. The molecule has 0 saturated carbocycles. The topological polar surface area (TPSA) is 77.3 Å². The van der Waals surface area contributed by atoms with Crippen LogP contribution in [0.2, 0.25) is 5.02 Å². The molecule has 2 aromatic rings. The van der Waals surface area contributed by atoms with E-state index in [4.69, 9.17) is 16.3 Å². The lowest BCUT2D eigenvalue weighted by molar-refractivity contribution is 0.271. The number of rotatable bonds is 4. The Bertz CT molecular complexity index is 829. The van der Waals surface area contributed by atoms with Crippen molar-refractivity contribution in [1.29, 1.82) is 0 Å². The van der Waals surface area contributed by atoms with Gasteiger partial charge in [0, 0.05) is 19.1 Å². The van der Waals surface area contributed by atoms with Gasteiger partial charge in [-0.1, -0.05) is 11.6 Å². The van der Waals surface area contributed by atoms with E-state index < -0.39 is 10.0 Å². The summed E-state index contributed by atoms with van der Waals surface area (Å²) in [4.78, 5) is 0.187. The third kappa shape index (κ3) is 3.13. The number of nitrogens with zero attached hydrogens (tertiary/aromatic N) is 4.